The number of ether oxygens (including phenoxy) is 1. The lowest BCUT2D eigenvalue weighted by Crippen LogP contribution is -2.16. The van der Waals surface area contributed by atoms with Crippen LogP contribution in [0.2, 0.25) is 0 Å². The average molecular weight is 408 g/mol. The molecule has 9 heteroatoms. The van der Waals surface area contributed by atoms with Crippen LogP contribution in [0, 0.1) is 5.92 Å². The van der Waals surface area contributed by atoms with E-state index in [1.54, 1.807) is 29.7 Å². The summed E-state index contributed by atoms with van der Waals surface area (Å²) in [5.74, 6) is 2.63. The Balaban J connectivity index is 1.29. The summed E-state index contributed by atoms with van der Waals surface area (Å²) in [4.78, 5) is 8.96. The van der Waals surface area contributed by atoms with Gasteiger partial charge in [0.25, 0.3) is 0 Å². The third-order valence-corrected chi connectivity index (χ3v) is 6.14. The number of H-pyrrole nitrogens is 1. The number of nitrogens with zero attached hydrogens (tertiary/aromatic N) is 5. The van der Waals surface area contributed by atoms with Gasteiger partial charge in [-0.1, -0.05) is 30.6 Å². The second-order valence-electron chi connectivity index (χ2n) is 7.25. The normalized spacial score (nSPS) is 14.9. The molecule has 148 valence electrons. The Morgan fingerprint density at radius 2 is 2.00 bits per heavy atom. The third-order valence-electron chi connectivity index (χ3n) is 5.17. The summed E-state index contributed by atoms with van der Waals surface area (Å²) in [6, 6.07) is 9.54. The molecule has 29 heavy (non-hydrogen) atoms. The van der Waals surface area contributed by atoms with Crippen molar-refractivity contribution in [3.63, 3.8) is 0 Å². The highest BCUT2D eigenvalue weighted by atomic mass is 32.1. The Kier molecular flexibility index (Phi) is 5.04. The van der Waals surface area contributed by atoms with E-state index < -0.39 is 0 Å². The molecule has 3 heterocycles. The van der Waals surface area contributed by atoms with Crippen LogP contribution in [0.4, 0.5) is 5.13 Å². The van der Waals surface area contributed by atoms with Crippen LogP contribution >= 0.6 is 11.3 Å². The van der Waals surface area contributed by atoms with Crippen molar-refractivity contribution in [1.29, 1.82) is 0 Å². The second kappa shape index (κ2) is 8.12. The summed E-state index contributed by atoms with van der Waals surface area (Å²) in [6.07, 6.45) is 8.42. The molecule has 2 N–H and O–H groups in total. The van der Waals surface area contributed by atoms with Gasteiger partial charge in [-0.05, 0) is 42.2 Å². The number of rotatable bonds is 6. The summed E-state index contributed by atoms with van der Waals surface area (Å²) in [6.45, 7) is 1.01. The van der Waals surface area contributed by atoms with Crippen LogP contribution in [0.25, 0.3) is 21.7 Å². The number of nitrogens with one attached hydrogen (secondary N) is 2. The number of anilines is 1. The molecule has 1 saturated carbocycles. The highest BCUT2D eigenvalue weighted by Crippen LogP contribution is 2.32. The molecule has 4 aromatic rings. The van der Waals surface area contributed by atoms with Crippen LogP contribution in [0.15, 0.2) is 36.5 Å². The van der Waals surface area contributed by atoms with Crippen molar-refractivity contribution < 1.29 is 4.74 Å². The van der Waals surface area contributed by atoms with Crippen molar-refractivity contribution in [2.75, 3.05) is 11.9 Å². The Morgan fingerprint density at radius 3 is 2.86 bits per heavy atom. The lowest BCUT2D eigenvalue weighted by atomic mass is 9.89. The molecule has 0 bridgehead atoms. The van der Waals surface area contributed by atoms with Gasteiger partial charge in [0, 0.05) is 24.9 Å². The lowest BCUT2D eigenvalue weighted by Gasteiger charge is -2.21. The lowest BCUT2D eigenvalue weighted by molar-refractivity contribution is 0.373. The van der Waals surface area contributed by atoms with Crippen molar-refractivity contribution in [2.45, 2.75) is 32.1 Å². The molecular weight excluding hydrogens is 386 g/mol. The maximum atomic E-state index is 6.02. The topological polar surface area (TPSA) is 102 Å². The Bertz CT molecular complexity index is 1090. The SMILES string of the molecule is c1cc(Oc2ccc3nc(NCC4CCCCC4)sc3c2)cc(-c2nn[nH]n2)n1. The van der Waals surface area contributed by atoms with Gasteiger partial charge in [-0.25, -0.2) is 4.98 Å². The first kappa shape index (κ1) is 18.0. The molecule has 1 fully saturated rings. The van der Waals surface area contributed by atoms with Gasteiger partial charge in [0.05, 0.1) is 10.2 Å². The molecule has 3 aromatic heterocycles. The van der Waals surface area contributed by atoms with Crippen LogP contribution in [0.5, 0.6) is 11.5 Å². The Morgan fingerprint density at radius 1 is 1.10 bits per heavy atom. The van der Waals surface area contributed by atoms with Crippen LogP contribution < -0.4 is 10.1 Å². The monoisotopic (exact) mass is 407 g/mol. The number of hydrogen-bond donors (Lipinski definition) is 2. The van der Waals surface area contributed by atoms with Gasteiger partial charge in [-0.15, -0.1) is 10.2 Å². The molecule has 1 aromatic carbocycles. The summed E-state index contributed by atoms with van der Waals surface area (Å²) in [7, 11) is 0. The largest absolute Gasteiger partial charge is 0.457 e. The van der Waals surface area contributed by atoms with E-state index in [0.29, 0.717) is 17.3 Å². The molecule has 0 spiro atoms. The minimum atomic E-state index is 0.432. The van der Waals surface area contributed by atoms with Crippen molar-refractivity contribution in [1.82, 2.24) is 30.6 Å². The summed E-state index contributed by atoms with van der Waals surface area (Å²) >= 11 is 1.66. The quantitative estimate of drug-likeness (QED) is 0.479. The highest BCUT2D eigenvalue weighted by molar-refractivity contribution is 7.22. The molecular formula is C20H21N7OS. The number of aromatic nitrogens is 6. The van der Waals surface area contributed by atoms with Crippen molar-refractivity contribution in [3.05, 3.63) is 36.5 Å². The van der Waals surface area contributed by atoms with Crippen LogP contribution in [-0.4, -0.2) is 37.1 Å². The molecule has 0 saturated heterocycles. The van der Waals surface area contributed by atoms with Gasteiger partial charge in [0.1, 0.15) is 17.2 Å². The minimum Gasteiger partial charge on any atom is -0.457 e. The first-order valence-electron chi connectivity index (χ1n) is 9.86. The molecule has 0 radical (unpaired) electrons. The van der Waals surface area contributed by atoms with Gasteiger partial charge in [0.15, 0.2) is 5.13 Å². The summed E-state index contributed by atoms with van der Waals surface area (Å²) in [5.41, 5.74) is 1.58. The van der Waals surface area contributed by atoms with Gasteiger partial charge in [-0.3, -0.25) is 4.98 Å². The zero-order valence-corrected chi connectivity index (χ0v) is 16.7. The van der Waals surface area contributed by atoms with E-state index in [1.165, 1.54) is 32.1 Å². The Hall–Kier alpha value is -3.07. The Labute approximate surface area is 171 Å². The molecule has 0 amide bonds. The number of tetrazole rings is 1. The number of benzene rings is 1. The molecule has 1 aliphatic rings. The zero-order chi connectivity index (χ0) is 19.5. The minimum absolute atomic E-state index is 0.432. The van der Waals surface area contributed by atoms with E-state index in [2.05, 4.69) is 30.9 Å². The number of thiazole rings is 1. The van der Waals surface area contributed by atoms with Crippen molar-refractivity contribution >= 4 is 26.7 Å². The number of hydrogen-bond acceptors (Lipinski definition) is 8. The van der Waals surface area contributed by atoms with E-state index in [0.717, 1.165) is 33.6 Å². The number of aromatic amines is 1. The smallest absolute Gasteiger partial charge is 0.223 e. The molecule has 8 nitrogen and oxygen atoms in total. The van der Waals surface area contributed by atoms with E-state index in [9.17, 15) is 0 Å². The number of fused-ring (bicyclic) bond motifs is 1. The maximum Gasteiger partial charge on any atom is 0.223 e. The van der Waals surface area contributed by atoms with Crippen LogP contribution in [-0.2, 0) is 0 Å². The van der Waals surface area contributed by atoms with Crippen molar-refractivity contribution in [3.8, 4) is 23.0 Å². The van der Waals surface area contributed by atoms with E-state index in [1.807, 2.05) is 18.2 Å². The van der Waals surface area contributed by atoms with E-state index >= 15 is 0 Å². The van der Waals surface area contributed by atoms with Gasteiger partial charge < -0.3 is 10.1 Å². The summed E-state index contributed by atoms with van der Waals surface area (Å²) < 4.78 is 7.12. The predicted molar refractivity (Wildman–Crippen MR) is 112 cm³/mol. The van der Waals surface area contributed by atoms with E-state index in [-0.39, 0.29) is 0 Å². The average Bonchev–Trinajstić information content (AvgIpc) is 3.43. The predicted octanol–water partition coefficient (Wildman–Crippen LogP) is 4.66. The van der Waals surface area contributed by atoms with Gasteiger partial charge in [0.2, 0.25) is 5.82 Å². The fourth-order valence-electron chi connectivity index (χ4n) is 3.67. The fourth-order valence-corrected chi connectivity index (χ4v) is 4.57. The number of pyridine rings is 1. The van der Waals surface area contributed by atoms with Gasteiger partial charge >= 0.3 is 0 Å². The van der Waals surface area contributed by atoms with E-state index in [4.69, 9.17) is 9.72 Å². The van der Waals surface area contributed by atoms with Crippen LogP contribution in [0.3, 0.4) is 0 Å². The second-order valence-corrected chi connectivity index (χ2v) is 8.28. The molecule has 0 atom stereocenters. The molecule has 0 unspecified atom stereocenters. The summed E-state index contributed by atoms with van der Waals surface area (Å²) in [5, 5.41) is 18.4. The third kappa shape index (κ3) is 4.19. The zero-order valence-electron chi connectivity index (χ0n) is 15.8. The van der Waals surface area contributed by atoms with Gasteiger partial charge in [-0.2, -0.15) is 5.21 Å². The fraction of sp³-hybridized carbons (Fsp3) is 0.350. The van der Waals surface area contributed by atoms with Crippen LogP contribution in [0.1, 0.15) is 32.1 Å². The standard InChI is InChI=1S/C20H21N7OS/c1-2-4-13(5-3-1)12-22-20-23-16-7-6-14(11-18(16)29-20)28-15-8-9-21-17(10-15)19-24-26-27-25-19/h6-11,13H,1-5,12H2,(H,22,23)(H,24,25,26,27). The first-order chi connectivity index (χ1) is 14.3. The van der Waals surface area contributed by atoms with Crippen molar-refractivity contribution in [2.24, 2.45) is 5.92 Å². The molecule has 5 rings (SSSR count). The highest BCUT2D eigenvalue weighted by Gasteiger charge is 2.14. The molecule has 1 aliphatic carbocycles. The molecule has 0 aliphatic heterocycles. The first-order valence-corrected chi connectivity index (χ1v) is 10.7. The maximum absolute atomic E-state index is 6.02.